The lowest BCUT2D eigenvalue weighted by molar-refractivity contribution is 0.0901. The molecule has 1 aliphatic heterocycles. The van der Waals surface area contributed by atoms with Crippen molar-refractivity contribution in [2.75, 3.05) is 19.8 Å². The summed E-state index contributed by atoms with van der Waals surface area (Å²) in [5.41, 5.74) is 0. The summed E-state index contributed by atoms with van der Waals surface area (Å²) in [6.45, 7) is 2.92. The highest BCUT2D eigenvalue weighted by molar-refractivity contribution is 4.80. The molecule has 15 heavy (non-hydrogen) atoms. The van der Waals surface area contributed by atoms with Crippen LogP contribution in [-0.4, -0.2) is 37.0 Å². The molecule has 88 valence electrons. The first-order valence-corrected chi connectivity index (χ1v) is 6.35. The van der Waals surface area contributed by atoms with E-state index in [1.54, 1.807) is 0 Å². The van der Waals surface area contributed by atoms with Gasteiger partial charge in [0, 0.05) is 19.3 Å². The van der Waals surface area contributed by atoms with Gasteiger partial charge in [0.1, 0.15) is 0 Å². The van der Waals surface area contributed by atoms with Crippen molar-refractivity contribution in [3.05, 3.63) is 0 Å². The summed E-state index contributed by atoms with van der Waals surface area (Å²) in [6.07, 6.45) is 6.88. The van der Waals surface area contributed by atoms with E-state index in [-0.39, 0.29) is 6.10 Å². The third kappa shape index (κ3) is 3.44. The molecule has 3 nitrogen and oxygen atoms in total. The highest BCUT2D eigenvalue weighted by atomic mass is 16.5. The highest BCUT2D eigenvalue weighted by Gasteiger charge is 2.22. The summed E-state index contributed by atoms with van der Waals surface area (Å²) >= 11 is 0. The summed E-state index contributed by atoms with van der Waals surface area (Å²) in [6, 6.07) is 0.348. The molecule has 0 bridgehead atoms. The lowest BCUT2D eigenvalue weighted by Gasteiger charge is -2.28. The third-order valence-corrected chi connectivity index (χ3v) is 3.71. The second-order valence-electron chi connectivity index (χ2n) is 4.93. The molecular formula is C12H23NO2. The molecule has 0 aromatic carbocycles. The number of hydrogen-bond donors (Lipinski definition) is 2. The van der Waals surface area contributed by atoms with E-state index in [1.165, 1.54) is 25.7 Å². The van der Waals surface area contributed by atoms with E-state index < -0.39 is 0 Å². The van der Waals surface area contributed by atoms with Gasteiger partial charge in [0.15, 0.2) is 0 Å². The molecule has 2 N–H and O–H groups in total. The Hall–Kier alpha value is -0.120. The molecular weight excluding hydrogens is 190 g/mol. The summed E-state index contributed by atoms with van der Waals surface area (Å²) < 4.78 is 5.34. The van der Waals surface area contributed by atoms with Crippen molar-refractivity contribution in [3.8, 4) is 0 Å². The number of aliphatic hydroxyl groups is 1. The SMILES string of the molecule is O[C@H]1CCCC[C@@H]1NCCC1CCOC1. The first-order chi connectivity index (χ1) is 7.36. The monoisotopic (exact) mass is 213 g/mol. The van der Waals surface area contributed by atoms with Gasteiger partial charge in [-0.15, -0.1) is 0 Å². The van der Waals surface area contributed by atoms with Gasteiger partial charge in [-0.2, -0.15) is 0 Å². The maximum Gasteiger partial charge on any atom is 0.0693 e. The van der Waals surface area contributed by atoms with Crippen LogP contribution in [0.3, 0.4) is 0 Å². The molecule has 1 heterocycles. The summed E-state index contributed by atoms with van der Waals surface area (Å²) in [5.74, 6) is 0.748. The van der Waals surface area contributed by atoms with Crippen LogP contribution in [-0.2, 0) is 4.74 Å². The molecule has 0 spiro atoms. The molecule has 1 saturated carbocycles. The normalized spacial score (nSPS) is 37.0. The summed E-state index contributed by atoms with van der Waals surface area (Å²) in [7, 11) is 0. The number of aliphatic hydroxyl groups excluding tert-OH is 1. The molecule has 2 rings (SSSR count). The lowest BCUT2D eigenvalue weighted by atomic mass is 9.92. The van der Waals surface area contributed by atoms with E-state index in [2.05, 4.69) is 5.32 Å². The molecule has 1 saturated heterocycles. The Kier molecular flexibility index (Phi) is 4.42. The van der Waals surface area contributed by atoms with Crippen molar-refractivity contribution < 1.29 is 9.84 Å². The average molecular weight is 213 g/mol. The second-order valence-corrected chi connectivity index (χ2v) is 4.93. The molecule has 2 fully saturated rings. The van der Waals surface area contributed by atoms with E-state index in [1.807, 2.05) is 0 Å². The van der Waals surface area contributed by atoms with E-state index in [0.717, 1.165) is 38.5 Å². The molecule has 1 aliphatic carbocycles. The van der Waals surface area contributed by atoms with Crippen LogP contribution in [0.1, 0.15) is 38.5 Å². The molecule has 0 radical (unpaired) electrons. The quantitative estimate of drug-likeness (QED) is 0.740. The van der Waals surface area contributed by atoms with Gasteiger partial charge in [-0.1, -0.05) is 12.8 Å². The maximum atomic E-state index is 9.77. The largest absolute Gasteiger partial charge is 0.392 e. The first kappa shape index (κ1) is 11.4. The second kappa shape index (κ2) is 5.83. The van der Waals surface area contributed by atoms with Crippen LogP contribution in [0.15, 0.2) is 0 Å². The van der Waals surface area contributed by atoms with E-state index in [9.17, 15) is 5.11 Å². The minimum absolute atomic E-state index is 0.112. The maximum absolute atomic E-state index is 9.77. The molecule has 0 amide bonds. The zero-order valence-corrected chi connectivity index (χ0v) is 9.45. The number of ether oxygens (including phenoxy) is 1. The van der Waals surface area contributed by atoms with Crippen molar-refractivity contribution in [2.45, 2.75) is 50.7 Å². The van der Waals surface area contributed by atoms with Crippen molar-refractivity contribution in [1.29, 1.82) is 0 Å². The molecule has 0 aromatic heterocycles. The Morgan fingerprint density at radius 1 is 1.20 bits per heavy atom. The topological polar surface area (TPSA) is 41.5 Å². The smallest absolute Gasteiger partial charge is 0.0693 e. The fraction of sp³-hybridized carbons (Fsp3) is 1.00. The van der Waals surface area contributed by atoms with Crippen molar-refractivity contribution in [1.82, 2.24) is 5.32 Å². The van der Waals surface area contributed by atoms with E-state index >= 15 is 0 Å². The summed E-state index contributed by atoms with van der Waals surface area (Å²) in [4.78, 5) is 0. The number of nitrogens with one attached hydrogen (secondary N) is 1. The van der Waals surface area contributed by atoms with Crippen molar-refractivity contribution in [2.24, 2.45) is 5.92 Å². The highest BCUT2D eigenvalue weighted by Crippen LogP contribution is 2.19. The van der Waals surface area contributed by atoms with Gasteiger partial charge in [0.25, 0.3) is 0 Å². The minimum atomic E-state index is -0.112. The third-order valence-electron chi connectivity index (χ3n) is 3.71. The van der Waals surface area contributed by atoms with E-state index in [0.29, 0.717) is 6.04 Å². The van der Waals surface area contributed by atoms with Crippen LogP contribution in [0, 0.1) is 5.92 Å². The molecule has 3 heteroatoms. The minimum Gasteiger partial charge on any atom is -0.392 e. The average Bonchev–Trinajstić information content (AvgIpc) is 2.74. The number of rotatable bonds is 4. The van der Waals surface area contributed by atoms with Gasteiger partial charge in [0.05, 0.1) is 6.10 Å². The fourth-order valence-electron chi connectivity index (χ4n) is 2.63. The Morgan fingerprint density at radius 2 is 2.07 bits per heavy atom. The van der Waals surface area contributed by atoms with Gasteiger partial charge < -0.3 is 15.2 Å². The molecule has 3 atom stereocenters. The number of hydrogen-bond acceptors (Lipinski definition) is 3. The lowest BCUT2D eigenvalue weighted by Crippen LogP contribution is -2.42. The van der Waals surface area contributed by atoms with Crippen LogP contribution in [0.2, 0.25) is 0 Å². The Balaban J connectivity index is 1.59. The van der Waals surface area contributed by atoms with Gasteiger partial charge in [-0.05, 0) is 38.1 Å². The first-order valence-electron chi connectivity index (χ1n) is 6.35. The zero-order chi connectivity index (χ0) is 10.5. The van der Waals surface area contributed by atoms with Gasteiger partial charge in [-0.3, -0.25) is 0 Å². The van der Waals surface area contributed by atoms with Crippen LogP contribution < -0.4 is 5.32 Å². The van der Waals surface area contributed by atoms with Crippen LogP contribution in [0.25, 0.3) is 0 Å². The van der Waals surface area contributed by atoms with Gasteiger partial charge in [-0.25, -0.2) is 0 Å². The Labute approximate surface area is 92.2 Å². The predicted molar refractivity (Wildman–Crippen MR) is 59.8 cm³/mol. The van der Waals surface area contributed by atoms with Crippen LogP contribution >= 0.6 is 0 Å². The standard InChI is InChI=1S/C12H23NO2/c14-12-4-2-1-3-11(12)13-7-5-10-6-8-15-9-10/h10-14H,1-9H2/t10?,11-,12-/m0/s1. The predicted octanol–water partition coefficient (Wildman–Crippen LogP) is 1.31. The molecule has 1 unspecified atom stereocenters. The Morgan fingerprint density at radius 3 is 2.80 bits per heavy atom. The van der Waals surface area contributed by atoms with E-state index in [4.69, 9.17) is 4.74 Å². The Bertz CT molecular complexity index is 180. The van der Waals surface area contributed by atoms with Crippen LogP contribution in [0.5, 0.6) is 0 Å². The molecule has 0 aromatic rings. The van der Waals surface area contributed by atoms with Crippen molar-refractivity contribution in [3.63, 3.8) is 0 Å². The van der Waals surface area contributed by atoms with Crippen molar-refractivity contribution >= 4 is 0 Å². The van der Waals surface area contributed by atoms with Gasteiger partial charge >= 0.3 is 0 Å². The zero-order valence-electron chi connectivity index (χ0n) is 9.45. The fourth-order valence-corrected chi connectivity index (χ4v) is 2.63. The van der Waals surface area contributed by atoms with Gasteiger partial charge in [0.2, 0.25) is 0 Å². The summed E-state index contributed by atoms with van der Waals surface area (Å²) in [5, 5.41) is 13.3. The molecule has 2 aliphatic rings. The van der Waals surface area contributed by atoms with Crippen LogP contribution in [0.4, 0.5) is 0 Å².